The third-order valence-electron chi connectivity index (χ3n) is 3.52. The first kappa shape index (κ1) is 13.9. The molecule has 6 nitrogen and oxygen atoms in total. The summed E-state index contributed by atoms with van der Waals surface area (Å²) < 4.78 is 10.8. The molecule has 0 spiro atoms. The number of hydrogen-bond acceptors (Lipinski definition) is 7. The fourth-order valence-corrected chi connectivity index (χ4v) is 2.76. The van der Waals surface area contributed by atoms with Gasteiger partial charge in [-0.3, -0.25) is 0 Å². The number of ether oxygens (including phenoxy) is 2. The van der Waals surface area contributed by atoms with Crippen LogP contribution in [0.25, 0.3) is 0 Å². The minimum absolute atomic E-state index is 0.750. The van der Waals surface area contributed by atoms with E-state index in [4.69, 9.17) is 14.5 Å². The van der Waals surface area contributed by atoms with Crippen molar-refractivity contribution in [1.82, 2.24) is 9.97 Å². The first-order valence-corrected chi connectivity index (χ1v) is 8.18. The lowest BCUT2D eigenvalue weighted by Crippen LogP contribution is -2.39. The maximum atomic E-state index is 5.41. The minimum Gasteiger partial charge on any atom is -0.378 e. The van der Waals surface area contributed by atoms with Crippen molar-refractivity contribution in [2.45, 2.75) is 5.03 Å². The van der Waals surface area contributed by atoms with E-state index in [1.165, 1.54) is 0 Å². The highest BCUT2D eigenvalue weighted by molar-refractivity contribution is 7.98. The first-order valence-electron chi connectivity index (χ1n) is 6.95. The molecule has 3 rings (SSSR count). The van der Waals surface area contributed by atoms with E-state index in [0.717, 1.165) is 69.4 Å². The van der Waals surface area contributed by atoms with Gasteiger partial charge in [-0.05, 0) is 6.26 Å². The van der Waals surface area contributed by atoms with Crippen LogP contribution in [0.3, 0.4) is 0 Å². The fourth-order valence-electron chi connectivity index (χ4n) is 2.36. The molecule has 2 fully saturated rings. The monoisotopic (exact) mass is 296 g/mol. The summed E-state index contributed by atoms with van der Waals surface area (Å²) in [5, 5.41) is 1.02. The second-order valence-electron chi connectivity index (χ2n) is 4.77. The van der Waals surface area contributed by atoms with Crippen LogP contribution in [0.1, 0.15) is 0 Å². The van der Waals surface area contributed by atoms with E-state index >= 15 is 0 Å². The molecule has 3 heterocycles. The Hall–Kier alpha value is -1.05. The van der Waals surface area contributed by atoms with E-state index in [1.54, 1.807) is 11.8 Å². The third-order valence-corrected chi connectivity index (χ3v) is 4.14. The minimum atomic E-state index is 0.750. The molecule has 0 aromatic carbocycles. The average molecular weight is 296 g/mol. The van der Waals surface area contributed by atoms with E-state index in [2.05, 4.69) is 27.1 Å². The molecule has 0 bridgehead atoms. The van der Waals surface area contributed by atoms with Gasteiger partial charge in [-0.25, -0.2) is 4.98 Å². The molecule has 1 aromatic rings. The summed E-state index contributed by atoms with van der Waals surface area (Å²) in [5.41, 5.74) is 0. The summed E-state index contributed by atoms with van der Waals surface area (Å²) in [6, 6.07) is 2.07. The van der Waals surface area contributed by atoms with E-state index in [1.807, 2.05) is 0 Å². The molecule has 0 aliphatic carbocycles. The van der Waals surface area contributed by atoms with Crippen LogP contribution >= 0.6 is 11.8 Å². The third kappa shape index (κ3) is 3.16. The molecular weight excluding hydrogens is 276 g/mol. The zero-order valence-electron chi connectivity index (χ0n) is 11.7. The normalized spacial score (nSPS) is 20.2. The second-order valence-corrected chi connectivity index (χ2v) is 5.59. The highest BCUT2D eigenvalue weighted by Crippen LogP contribution is 2.23. The van der Waals surface area contributed by atoms with Gasteiger partial charge in [0.1, 0.15) is 10.8 Å². The van der Waals surface area contributed by atoms with Crippen molar-refractivity contribution in [3.63, 3.8) is 0 Å². The Morgan fingerprint density at radius 2 is 1.55 bits per heavy atom. The lowest BCUT2D eigenvalue weighted by atomic mass is 10.4. The smallest absolute Gasteiger partial charge is 0.228 e. The van der Waals surface area contributed by atoms with E-state index in [0.29, 0.717) is 0 Å². The summed E-state index contributed by atoms with van der Waals surface area (Å²) in [5.74, 6) is 1.83. The van der Waals surface area contributed by atoms with Crippen molar-refractivity contribution in [2.24, 2.45) is 0 Å². The van der Waals surface area contributed by atoms with Crippen LogP contribution in [-0.4, -0.2) is 68.8 Å². The van der Waals surface area contributed by atoms with Gasteiger partial charge in [-0.1, -0.05) is 0 Å². The van der Waals surface area contributed by atoms with Gasteiger partial charge >= 0.3 is 0 Å². The number of nitrogens with zero attached hydrogens (tertiary/aromatic N) is 4. The van der Waals surface area contributed by atoms with Gasteiger partial charge in [0, 0.05) is 32.2 Å². The van der Waals surface area contributed by atoms with Crippen molar-refractivity contribution < 1.29 is 9.47 Å². The Morgan fingerprint density at radius 1 is 0.950 bits per heavy atom. The van der Waals surface area contributed by atoms with Crippen molar-refractivity contribution in [3.05, 3.63) is 6.07 Å². The average Bonchev–Trinajstić information content (AvgIpc) is 2.56. The summed E-state index contributed by atoms with van der Waals surface area (Å²) in [6.45, 7) is 6.55. The Balaban J connectivity index is 1.85. The summed E-state index contributed by atoms with van der Waals surface area (Å²) >= 11 is 1.66. The lowest BCUT2D eigenvalue weighted by Gasteiger charge is -2.31. The molecule has 0 atom stereocenters. The van der Waals surface area contributed by atoms with Gasteiger partial charge in [0.2, 0.25) is 5.95 Å². The topological polar surface area (TPSA) is 50.7 Å². The van der Waals surface area contributed by atoms with Crippen molar-refractivity contribution in [1.29, 1.82) is 0 Å². The van der Waals surface area contributed by atoms with Crippen LogP contribution in [0.5, 0.6) is 0 Å². The number of morpholine rings is 2. The van der Waals surface area contributed by atoms with Crippen LogP contribution < -0.4 is 9.80 Å². The maximum absolute atomic E-state index is 5.41. The summed E-state index contributed by atoms with van der Waals surface area (Å²) in [7, 11) is 0. The maximum Gasteiger partial charge on any atom is 0.228 e. The lowest BCUT2D eigenvalue weighted by molar-refractivity contribution is 0.121. The van der Waals surface area contributed by atoms with Crippen LogP contribution in [0, 0.1) is 0 Å². The molecule has 2 aliphatic heterocycles. The Kier molecular flexibility index (Phi) is 4.59. The number of aromatic nitrogens is 2. The van der Waals surface area contributed by atoms with Crippen LogP contribution in [0.4, 0.5) is 11.8 Å². The van der Waals surface area contributed by atoms with E-state index in [-0.39, 0.29) is 0 Å². The molecular formula is C13H20N4O2S. The Morgan fingerprint density at radius 3 is 2.15 bits per heavy atom. The SMILES string of the molecule is CSc1cc(N2CCOCC2)nc(N2CCOCC2)n1. The van der Waals surface area contributed by atoms with Gasteiger partial charge in [0.25, 0.3) is 0 Å². The van der Waals surface area contributed by atoms with Crippen LogP contribution in [-0.2, 0) is 9.47 Å². The standard InChI is InChI=1S/C13H20N4O2S/c1-20-12-10-11(16-2-6-18-7-3-16)14-13(15-12)17-4-8-19-9-5-17/h10H,2-9H2,1H3. The van der Waals surface area contributed by atoms with E-state index < -0.39 is 0 Å². The molecule has 7 heteroatoms. The van der Waals surface area contributed by atoms with E-state index in [9.17, 15) is 0 Å². The van der Waals surface area contributed by atoms with Crippen LogP contribution in [0.2, 0.25) is 0 Å². The number of rotatable bonds is 3. The molecule has 2 saturated heterocycles. The van der Waals surface area contributed by atoms with Crippen molar-refractivity contribution >= 4 is 23.5 Å². The van der Waals surface area contributed by atoms with Gasteiger partial charge in [0.05, 0.1) is 26.4 Å². The Labute approximate surface area is 123 Å². The molecule has 0 radical (unpaired) electrons. The highest BCUT2D eigenvalue weighted by atomic mass is 32.2. The molecule has 0 unspecified atom stereocenters. The molecule has 0 N–H and O–H groups in total. The molecule has 110 valence electrons. The number of thioether (sulfide) groups is 1. The molecule has 0 amide bonds. The van der Waals surface area contributed by atoms with Gasteiger partial charge < -0.3 is 19.3 Å². The number of anilines is 2. The van der Waals surface area contributed by atoms with Gasteiger partial charge in [-0.15, -0.1) is 11.8 Å². The quantitative estimate of drug-likeness (QED) is 0.606. The first-order chi connectivity index (χ1) is 9.86. The zero-order chi connectivity index (χ0) is 13.8. The largest absolute Gasteiger partial charge is 0.378 e. The predicted octanol–water partition coefficient (Wildman–Crippen LogP) is 0.872. The molecule has 2 aliphatic rings. The Bertz CT molecular complexity index is 412. The van der Waals surface area contributed by atoms with Crippen LogP contribution in [0.15, 0.2) is 11.1 Å². The summed E-state index contributed by atoms with van der Waals surface area (Å²) in [4.78, 5) is 13.9. The second kappa shape index (κ2) is 6.60. The molecule has 1 aromatic heterocycles. The molecule has 0 saturated carbocycles. The van der Waals surface area contributed by atoms with Gasteiger partial charge in [0.15, 0.2) is 0 Å². The zero-order valence-corrected chi connectivity index (χ0v) is 12.6. The fraction of sp³-hybridized carbons (Fsp3) is 0.692. The van der Waals surface area contributed by atoms with Crippen molar-refractivity contribution in [2.75, 3.05) is 68.7 Å². The van der Waals surface area contributed by atoms with Gasteiger partial charge in [-0.2, -0.15) is 4.98 Å². The predicted molar refractivity (Wildman–Crippen MR) is 79.9 cm³/mol. The number of hydrogen-bond donors (Lipinski definition) is 0. The van der Waals surface area contributed by atoms with Crippen molar-refractivity contribution in [3.8, 4) is 0 Å². The highest BCUT2D eigenvalue weighted by Gasteiger charge is 2.19. The summed E-state index contributed by atoms with van der Waals surface area (Å²) in [6.07, 6.45) is 2.05. The molecule has 20 heavy (non-hydrogen) atoms.